The fourth-order valence-corrected chi connectivity index (χ4v) is 2.52. The van der Waals surface area contributed by atoms with Crippen LogP contribution in [0, 0.1) is 0 Å². The molecule has 0 saturated carbocycles. The Morgan fingerprint density at radius 3 is 0.583 bits per heavy atom. The minimum Gasteiger partial charge on any atom is -0.550 e. The number of hydrogen-bond acceptors (Lipinski definition) is 24. The van der Waals surface area contributed by atoms with Gasteiger partial charge in [0.05, 0.1) is 0 Å². The molecule has 60 heavy (non-hydrogen) atoms. The summed E-state index contributed by atoms with van der Waals surface area (Å²) in [5, 5.41) is 72.5. The summed E-state index contributed by atoms with van der Waals surface area (Å²) >= 11 is 0. The second kappa shape index (κ2) is 46.0. The van der Waals surface area contributed by atoms with Crippen molar-refractivity contribution in [3.05, 3.63) is 0 Å². The summed E-state index contributed by atoms with van der Waals surface area (Å²) in [7, 11) is 0. The predicted octanol–water partition coefficient (Wildman–Crippen LogP) is -22.1. The van der Waals surface area contributed by atoms with Gasteiger partial charge in [-0.2, -0.15) is 0 Å². The summed E-state index contributed by atoms with van der Waals surface area (Å²) in [6, 6.07) is -4.53. The van der Waals surface area contributed by atoms with Crippen LogP contribution in [-0.2, 0) is 76.5 Å². The average Bonchev–Trinajstić information content (AvgIpc) is 3.10. The summed E-state index contributed by atoms with van der Waals surface area (Å²) in [5.41, 5.74) is 20.8. The van der Waals surface area contributed by atoms with Crippen molar-refractivity contribution in [3.63, 3.8) is 0 Å². The van der Waals surface area contributed by atoms with Crippen LogP contribution in [-0.4, -0.2) is 143 Å². The molecule has 28 nitrogen and oxygen atoms in total. The monoisotopic (exact) mass is 908 g/mol. The Labute approximate surface area is 427 Å². The molecule has 0 fully saturated rings. The van der Waals surface area contributed by atoms with Crippen molar-refractivity contribution in [1.82, 2.24) is 0 Å². The molecule has 4 atom stereocenters. The summed E-state index contributed by atoms with van der Waals surface area (Å²) in [6.07, 6.45) is -2.04. The van der Waals surface area contributed by atoms with Gasteiger partial charge in [-0.1, -0.05) is 0 Å². The largest absolute Gasteiger partial charge is 1.00 e. The molecule has 0 aliphatic rings. The third-order valence-corrected chi connectivity index (χ3v) is 5.20. The van der Waals surface area contributed by atoms with Gasteiger partial charge in [-0.25, -0.2) is 19.2 Å². The maximum atomic E-state index is 10.8. The fourth-order valence-electron chi connectivity index (χ4n) is 2.52. The first-order valence-electron chi connectivity index (χ1n) is 15.1. The van der Waals surface area contributed by atoms with Crippen LogP contribution in [0.1, 0.15) is 51.4 Å². The van der Waals surface area contributed by atoms with Crippen molar-refractivity contribution in [2.45, 2.75) is 75.5 Å². The molecule has 0 radical (unpaired) electrons. The summed E-state index contributed by atoms with van der Waals surface area (Å²) in [4.78, 5) is 123. The summed E-state index contributed by atoms with van der Waals surface area (Å²) < 4.78 is 16.9. The zero-order chi connectivity index (χ0) is 44.6. The maximum Gasteiger partial charge on any atom is 1.00 e. The van der Waals surface area contributed by atoms with Gasteiger partial charge in [0.15, 0.2) is 26.4 Å². The Morgan fingerprint density at radius 2 is 0.483 bits per heavy atom. The second-order valence-corrected chi connectivity index (χ2v) is 10.1. The number of ether oxygens (including phenoxy) is 4. The van der Waals surface area contributed by atoms with Gasteiger partial charge in [0.2, 0.25) is 0 Å². The van der Waals surface area contributed by atoms with E-state index >= 15 is 0 Å². The number of nitrogens with two attached hydrogens (primary N) is 4. The van der Waals surface area contributed by atoms with Gasteiger partial charge >= 0.3 is 166 Å². The molecule has 0 unspecified atom stereocenters. The van der Waals surface area contributed by atoms with Crippen molar-refractivity contribution in [1.29, 1.82) is 0 Å². The molecule has 320 valence electrons. The number of aliphatic carboxylic acids is 8. The van der Waals surface area contributed by atoms with Gasteiger partial charge in [-0.05, 0) is 51.4 Å². The molecular formula is C28H40N4Na4O24. The van der Waals surface area contributed by atoms with E-state index < -0.39 is 122 Å². The van der Waals surface area contributed by atoms with Gasteiger partial charge in [0.1, 0.15) is 24.2 Å². The SMILES string of the molecule is N[C@@H](CCC(=O)[O-])C(=O)OCC(=O)O.N[C@@H](CCC(=O)[O-])C(=O)OCC(=O)O.N[C@@H](CCC(=O)[O-])C(=O)OCC(=O)O.N[C@@H](CCC(=O)[O-])C(=O)OCC(=O)O.[Na+].[Na+].[Na+].[Na+]. The number of rotatable bonds is 24. The Morgan fingerprint density at radius 1 is 0.350 bits per heavy atom. The van der Waals surface area contributed by atoms with Crippen molar-refractivity contribution in [3.8, 4) is 0 Å². The van der Waals surface area contributed by atoms with E-state index in [0.717, 1.165) is 0 Å². The van der Waals surface area contributed by atoms with Crippen LogP contribution in [0.25, 0.3) is 0 Å². The molecule has 0 heterocycles. The van der Waals surface area contributed by atoms with Crippen molar-refractivity contribution in [2.24, 2.45) is 22.9 Å². The van der Waals surface area contributed by atoms with Crippen LogP contribution in [0.3, 0.4) is 0 Å². The van der Waals surface area contributed by atoms with Crippen LogP contribution in [0.2, 0.25) is 0 Å². The first kappa shape index (κ1) is 74.9. The molecule has 0 aromatic heterocycles. The summed E-state index contributed by atoms with van der Waals surface area (Å²) in [5.74, 6) is -14.3. The van der Waals surface area contributed by atoms with Crippen LogP contribution in [0.15, 0.2) is 0 Å². The molecule has 0 rings (SSSR count). The number of hydrogen-bond donors (Lipinski definition) is 8. The molecule has 0 amide bonds. The molecule has 0 aromatic carbocycles. The van der Waals surface area contributed by atoms with E-state index in [4.69, 9.17) is 43.4 Å². The molecule has 0 spiro atoms. The van der Waals surface area contributed by atoms with Crippen LogP contribution < -0.4 is 162 Å². The van der Waals surface area contributed by atoms with E-state index in [-0.39, 0.29) is 170 Å². The topological polar surface area (TPSA) is 519 Å². The van der Waals surface area contributed by atoms with Gasteiger partial charge < -0.3 is 102 Å². The zero-order valence-electron chi connectivity index (χ0n) is 33.1. The third kappa shape index (κ3) is 57.6. The van der Waals surface area contributed by atoms with Crippen LogP contribution in [0.5, 0.6) is 0 Å². The Balaban J connectivity index is -0.0000000980. The standard InChI is InChI=1S/4C7H11NO6.4Na/c4*8-4(1-2-5(9)10)7(13)14-3-6(11)12;;;;/h4*4H,1-3,8H2,(H,9,10)(H,11,12);;;;/q;;;;4*+1/p-4/t4*4-;;;;/m0000..../s1. The van der Waals surface area contributed by atoms with E-state index in [1.54, 1.807) is 0 Å². The smallest absolute Gasteiger partial charge is 0.550 e. The van der Waals surface area contributed by atoms with Crippen molar-refractivity contribution in [2.75, 3.05) is 26.4 Å². The molecule has 0 aliphatic heterocycles. The van der Waals surface area contributed by atoms with E-state index in [9.17, 15) is 78.0 Å². The molecule has 0 aliphatic carbocycles. The van der Waals surface area contributed by atoms with E-state index in [2.05, 4.69) is 18.9 Å². The summed E-state index contributed by atoms with van der Waals surface area (Å²) in [6.45, 7) is -3.12. The van der Waals surface area contributed by atoms with Crippen LogP contribution >= 0.6 is 0 Å². The molecule has 0 saturated heterocycles. The van der Waals surface area contributed by atoms with Gasteiger partial charge in [-0.15, -0.1) is 0 Å². The molecule has 0 aromatic rings. The van der Waals surface area contributed by atoms with E-state index in [0.29, 0.717) is 0 Å². The number of esters is 4. The van der Waals surface area contributed by atoms with E-state index in [1.165, 1.54) is 0 Å². The van der Waals surface area contributed by atoms with Gasteiger partial charge in [0.25, 0.3) is 0 Å². The predicted molar refractivity (Wildman–Crippen MR) is 163 cm³/mol. The number of carbonyl (C=O) groups is 12. The normalized spacial score (nSPS) is 11.0. The fraction of sp³-hybridized carbons (Fsp3) is 0.571. The Hall–Kier alpha value is -2.52. The van der Waals surface area contributed by atoms with Crippen molar-refractivity contribution >= 4 is 71.6 Å². The molecule has 12 N–H and O–H groups in total. The maximum absolute atomic E-state index is 10.8. The minimum absolute atomic E-state index is 0. The molecule has 0 bridgehead atoms. The second-order valence-electron chi connectivity index (χ2n) is 10.1. The Kier molecular flexibility index (Phi) is 57.4. The third-order valence-electron chi connectivity index (χ3n) is 5.20. The first-order valence-corrected chi connectivity index (χ1v) is 15.1. The number of carboxylic acid groups (broad SMARTS) is 8. The molecule has 32 heteroatoms. The quantitative estimate of drug-likeness (QED) is 0.0253. The van der Waals surface area contributed by atoms with Gasteiger partial charge in [-0.3, -0.25) is 19.2 Å². The first-order chi connectivity index (χ1) is 25.7. The van der Waals surface area contributed by atoms with Gasteiger partial charge in [0, 0.05) is 23.9 Å². The number of carbonyl (C=O) groups excluding carboxylic acids is 8. The Bertz CT molecular complexity index is 1170. The van der Waals surface area contributed by atoms with Crippen LogP contribution in [0.4, 0.5) is 0 Å². The minimum atomic E-state index is -1.33. The van der Waals surface area contributed by atoms with E-state index in [1.807, 2.05) is 0 Å². The molecular weight excluding hydrogens is 868 g/mol. The average molecular weight is 909 g/mol. The number of carboxylic acids is 8. The van der Waals surface area contributed by atoms with Crippen molar-refractivity contribution < 1.29 is 236 Å². The zero-order valence-corrected chi connectivity index (χ0v) is 41.1.